The second-order valence-corrected chi connectivity index (χ2v) is 3.16. The Labute approximate surface area is 62.0 Å². The fourth-order valence-corrected chi connectivity index (χ4v) is 0.858. The monoisotopic (exact) mass is 185 g/mol. The molecule has 0 aromatic rings. The fourth-order valence-electron chi connectivity index (χ4n) is 0.286. The normalized spacial score (nSPS) is 17.5. The van der Waals surface area contributed by atoms with Gasteiger partial charge >= 0.3 is 13.8 Å². The van der Waals surface area contributed by atoms with E-state index in [1.54, 1.807) is 0 Å². The first-order valence-electron chi connectivity index (χ1n) is 2.44. The average Bonchev–Trinajstić information content (AvgIpc) is 1.56. The fraction of sp³-hybridized carbons (Fsp3) is 0.667. The molecule has 66 valence electrons. The minimum absolute atomic E-state index is 0.828. The third kappa shape index (κ3) is 4.07. The predicted molar refractivity (Wildman–Crippen MR) is 33.4 cm³/mol. The lowest BCUT2D eigenvalue weighted by molar-refractivity contribution is -0.154. The Morgan fingerprint density at radius 3 is 2.09 bits per heavy atom. The summed E-state index contributed by atoms with van der Waals surface area (Å²) in [6.45, 7) is 0.828. The number of carboxylic acids is 1. The summed E-state index contributed by atoms with van der Waals surface area (Å²) in [5.41, 5.74) is 2.47. The lowest BCUT2D eigenvalue weighted by Gasteiger charge is -2.19. The van der Waals surface area contributed by atoms with Crippen LogP contribution >= 0.6 is 7.82 Å². The highest BCUT2D eigenvalue weighted by Crippen LogP contribution is 2.39. The first-order chi connectivity index (χ1) is 4.65. The van der Waals surface area contributed by atoms with Crippen LogP contribution in [-0.4, -0.2) is 26.6 Å². The van der Waals surface area contributed by atoms with Gasteiger partial charge in [0.2, 0.25) is 5.72 Å². The molecule has 0 bridgehead atoms. The van der Waals surface area contributed by atoms with Gasteiger partial charge in [-0.25, -0.2) is 9.36 Å². The highest BCUT2D eigenvalue weighted by atomic mass is 31.2. The van der Waals surface area contributed by atoms with Gasteiger partial charge in [0.05, 0.1) is 0 Å². The van der Waals surface area contributed by atoms with Gasteiger partial charge in [0.1, 0.15) is 0 Å². The van der Waals surface area contributed by atoms with E-state index in [1.165, 1.54) is 0 Å². The highest BCUT2D eigenvalue weighted by Gasteiger charge is 2.36. The van der Waals surface area contributed by atoms with E-state index in [2.05, 4.69) is 4.52 Å². The van der Waals surface area contributed by atoms with Crippen LogP contribution in [0.2, 0.25) is 0 Å². The molecule has 0 aromatic heterocycles. The van der Waals surface area contributed by atoms with Crippen molar-refractivity contribution in [1.82, 2.24) is 0 Å². The van der Waals surface area contributed by atoms with Gasteiger partial charge in [0, 0.05) is 0 Å². The van der Waals surface area contributed by atoms with Gasteiger partial charge < -0.3 is 14.9 Å². The molecule has 0 aliphatic carbocycles. The largest absolute Gasteiger partial charge is 0.478 e. The Bertz CT molecular complexity index is 206. The predicted octanol–water partition coefficient (Wildman–Crippen LogP) is -1.14. The van der Waals surface area contributed by atoms with E-state index in [4.69, 9.17) is 20.6 Å². The number of rotatable bonds is 3. The van der Waals surface area contributed by atoms with Crippen molar-refractivity contribution in [2.75, 3.05) is 0 Å². The molecule has 0 aromatic carbocycles. The SMILES string of the molecule is CC(N)(OP(=O)(O)O)C(=O)O. The quantitative estimate of drug-likeness (QED) is 0.322. The van der Waals surface area contributed by atoms with Crippen LogP contribution in [0, 0.1) is 0 Å². The molecule has 0 amide bonds. The van der Waals surface area contributed by atoms with E-state index in [-0.39, 0.29) is 0 Å². The topological polar surface area (TPSA) is 130 Å². The van der Waals surface area contributed by atoms with Crippen LogP contribution in [0.25, 0.3) is 0 Å². The van der Waals surface area contributed by atoms with Crippen LogP contribution in [0.3, 0.4) is 0 Å². The standard InChI is InChI=1S/C3H8NO6P/c1-3(4,2(5)6)10-11(7,8)9/h4H2,1H3,(H,5,6)(H2,7,8,9). The summed E-state index contributed by atoms with van der Waals surface area (Å²) in [7, 11) is -4.85. The van der Waals surface area contributed by atoms with Crippen LogP contribution < -0.4 is 5.73 Å². The second-order valence-electron chi connectivity index (χ2n) is 1.99. The number of carboxylic acid groups (broad SMARTS) is 1. The van der Waals surface area contributed by atoms with Crippen molar-refractivity contribution in [3.63, 3.8) is 0 Å². The molecular formula is C3H8NO6P. The van der Waals surface area contributed by atoms with Gasteiger partial charge in [-0.3, -0.25) is 10.3 Å². The van der Waals surface area contributed by atoms with Gasteiger partial charge in [-0.15, -0.1) is 0 Å². The Morgan fingerprint density at radius 1 is 1.64 bits per heavy atom. The first kappa shape index (κ1) is 10.5. The van der Waals surface area contributed by atoms with Gasteiger partial charge in [-0.2, -0.15) is 0 Å². The minimum atomic E-state index is -4.85. The van der Waals surface area contributed by atoms with Crippen molar-refractivity contribution in [3.8, 4) is 0 Å². The maximum absolute atomic E-state index is 10.1. The zero-order valence-electron chi connectivity index (χ0n) is 5.59. The number of phosphoric ester groups is 1. The Balaban J connectivity index is 4.37. The Kier molecular flexibility index (Phi) is 2.76. The van der Waals surface area contributed by atoms with Crippen LogP contribution in [0.4, 0.5) is 0 Å². The summed E-state index contributed by atoms with van der Waals surface area (Å²) in [4.78, 5) is 26.4. The molecule has 11 heavy (non-hydrogen) atoms. The molecule has 0 heterocycles. The van der Waals surface area contributed by atoms with E-state index in [0.717, 1.165) is 6.92 Å². The molecule has 1 atom stereocenters. The molecular weight excluding hydrogens is 177 g/mol. The molecule has 0 radical (unpaired) electrons. The van der Waals surface area contributed by atoms with E-state index in [1.807, 2.05) is 0 Å². The summed E-state index contributed by atoms with van der Waals surface area (Å²) in [5.74, 6) is -1.65. The highest BCUT2D eigenvalue weighted by molar-refractivity contribution is 7.46. The number of nitrogens with two attached hydrogens (primary N) is 1. The third-order valence-corrected chi connectivity index (χ3v) is 1.35. The molecule has 7 nitrogen and oxygen atoms in total. The van der Waals surface area contributed by atoms with Crippen molar-refractivity contribution < 1.29 is 28.8 Å². The summed E-state index contributed by atoms with van der Waals surface area (Å²) in [6, 6.07) is 0. The summed E-state index contributed by atoms with van der Waals surface area (Å²) in [6.07, 6.45) is 0. The number of hydrogen-bond donors (Lipinski definition) is 4. The summed E-state index contributed by atoms with van der Waals surface area (Å²) >= 11 is 0. The van der Waals surface area contributed by atoms with Gasteiger partial charge in [0.25, 0.3) is 0 Å². The maximum atomic E-state index is 10.1. The number of hydrogen-bond acceptors (Lipinski definition) is 4. The lowest BCUT2D eigenvalue weighted by atomic mass is 10.3. The van der Waals surface area contributed by atoms with E-state index >= 15 is 0 Å². The smallest absolute Gasteiger partial charge is 0.471 e. The number of phosphoric acid groups is 1. The molecule has 0 rings (SSSR count). The van der Waals surface area contributed by atoms with Crippen molar-refractivity contribution in [1.29, 1.82) is 0 Å². The molecule has 0 aliphatic heterocycles. The molecule has 0 fully saturated rings. The van der Waals surface area contributed by atoms with E-state index < -0.39 is 19.5 Å². The average molecular weight is 185 g/mol. The van der Waals surface area contributed by atoms with Gasteiger partial charge in [0.15, 0.2) is 0 Å². The molecule has 0 saturated heterocycles. The van der Waals surface area contributed by atoms with E-state index in [9.17, 15) is 9.36 Å². The molecule has 0 spiro atoms. The van der Waals surface area contributed by atoms with Crippen molar-refractivity contribution in [2.24, 2.45) is 5.73 Å². The zero-order chi connectivity index (χ0) is 9.28. The lowest BCUT2D eigenvalue weighted by Crippen LogP contribution is -2.46. The van der Waals surface area contributed by atoms with E-state index in [0.29, 0.717) is 0 Å². The number of aliphatic carboxylic acids is 1. The summed E-state index contributed by atoms with van der Waals surface area (Å²) < 4.78 is 13.8. The maximum Gasteiger partial charge on any atom is 0.471 e. The molecule has 0 saturated carbocycles. The van der Waals surface area contributed by atoms with Gasteiger partial charge in [-0.05, 0) is 6.92 Å². The minimum Gasteiger partial charge on any atom is -0.478 e. The number of carbonyl (C=O) groups is 1. The van der Waals surface area contributed by atoms with Crippen molar-refractivity contribution in [3.05, 3.63) is 0 Å². The van der Waals surface area contributed by atoms with Crippen LogP contribution in [0.5, 0.6) is 0 Å². The molecule has 1 unspecified atom stereocenters. The zero-order valence-corrected chi connectivity index (χ0v) is 6.49. The van der Waals surface area contributed by atoms with Crippen LogP contribution in [0.15, 0.2) is 0 Å². The van der Waals surface area contributed by atoms with Crippen LogP contribution in [0.1, 0.15) is 6.92 Å². The van der Waals surface area contributed by atoms with Crippen molar-refractivity contribution >= 4 is 13.8 Å². The Morgan fingerprint density at radius 2 is 2.00 bits per heavy atom. The third-order valence-electron chi connectivity index (χ3n) is 0.733. The first-order valence-corrected chi connectivity index (χ1v) is 3.97. The molecule has 0 aliphatic rings. The molecule has 5 N–H and O–H groups in total. The van der Waals surface area contributed by atoms with Crippen molar-refractivity contribution in [2.45, 2.75) is 12.6 Å². The summed E-state index contributed by atoms with van der Waals surface area (Å²) in [5, 5.41) is 8.21. The van der Waals surface area contributed by atoms with Crippen LogP contribution in [-0.2, 0) is 13.9 Å². The Hall–Kier alpha value is -0.460. The second kappa shape index (κ2) is 2.88. The molecule has 8 heteroatoms. The van der Waals surface area contributed by atoms with Gasteiger partial charge in [-0.1, -0.05) is 0 Å².